The standard InChI is InChI=1S/C13H29N3/c1-11(2)13(3,10-14)16-8-6-7-12(9-16)15(4)5/h11-12H,6-10,14H2,1-5H3. The van der Waals surface area contributed by atoms with E-state index in [1.54, 1.807) is 0 Å². The van der Waals surface area contributed by atoms with Gasteiger partial charge in [0.2, 0.25) is 0 Å². The molecule has 1 fully saturated rings. The number of piperidine rings is 1. The van der Waals surface area contributed by atoms with E-state index in [9.17, 15) is 0 Å². The highest BCUT2D eigenvalue weighted by molar-refractivity contribution is 4.94. The molecule has 0 aromatic carbocycles. The maximum absolute atomic E-state index is 6.01. The van der Waals surface area contributed by atoms with Gasteiger partial charge in [-0.25, -0.2) is 0 Å². The van der Waals surface area contributed by atoms with Crippen molar-refractivity contribution in [1.82, 2.24) is 9.80 Å². The number of likely N-dealkylation sites (tertiary alicyclic amines) is 1. The molecule has 0 bridgehead atoms. The normalized spacial score (nSPS) is 27.4. The van der Waals surface area contributed by atoms with Crippen molar-refractivity contribution in [2.45, 2.75) is 45.2 Å². The highest BCUT2D eigenvalue weighted by Crippen LogP contribution is 2.28. The van der Waals surface area contributed by atoms with E-state index in [1.807, 2.05) is 0 Å². The molecule has 1 rings (SSSR count). The van der Waals surface area contributed by atoms with E-state index in [0.717, 1.165) is 6.54 Å². The van der Waals surface area contributed by atoms with E-state index in [4.69, 9.17) is 5.73 Å². The van der Waals surface area contributed by atoms with Gasteiger partial charge in [-0.3, -0.25) is 4.90 Å². The molecule has 1 saturated heterocycles. The Balaban J connectivity index is 2.71. The van der Waals surface area contributed by atoms with E-state index in [-0.39, 0.29) is 5.54 Å². The van der Waals surface area contributed by atoms with Crippen LogP contribution in [0.2, 0.25) is 0 Å². The summed E-state index contributed by atoms with van der Waals surface area (Å²) in [7, 11) is 4.37. The van der Waals surface area contributed by atoms with Gasteiger partial charge in [0.25, 0.3) is 0 Å². The Morgan fingerprint density at radius 3 is 2.50 bits per heavy atom. The van der Waals surface area contributed by atoms with Crippen LogP contribution in [0, 0.1) is 5.92 Å². The van der Waals surface area contributed by atoms with Gasteiger partial charge in [0, 0.05) is 24.7 Å². The lowest BCUT2D eigenvalue weighted by Gasteiger charge is -2.48. The number of rotatable bonds is 4. The van der Waals surface area contributed by atoms with Crippen LogP contribution >= 0.6 is 0 Å². The minimum Gasteiger partial charge on any atom is -0.329 e. The molecule has 0 saturated carbocycles. The maximum Gasteiger partial charge on any atom is 0.0327 e. The number of nitrogens with two attached hydrogens (primary N) is 1. The Labute approximate surface area is 101 Å². The summed E-state index contributed by atoms with van der Waals surface area (Å²) < 4.78 is 0. The molecule has 3 nitrogen and oxygen atoms in total. The van der Waals surface area contributed by atoms with E-state index in [0.29, 0.717) is 12.0 Å². The molecular weight excluding hydrogens is 198 g/mol. The zero-order valence-corrected chi connectivity index (χ0v) is 11.7. The quantitative estimate of drug-likeness (QED) is 0.788. The fourth-order valence-electron chi connectivity index (χ4n) is 2.57. The van der Waals surface area contributed by atoms with Crippen molar-refractivity contribution in [3.05, 3.63) is 0 Å². The van der Waals surface area contributed by atoms with Crippen molar-refractivity contribution in [3.8, 4) is 0 Å². The van der Waals surface area contributed by atoms with Crippen LogP contribution in [0.15, 0.2) is 0 Å². The molecule has 1 heterocycles. The summed E-state index contributed by atoms with van der Waals surface area (Å²) in [6.45, 7) is 10.0. The molecular formula is C13H29N3. The second-order valence-electron chi connectivity index (χ2n) is 5.92. The smallest absolute Gasteiger partial charge is 0.0327 e. The Morgan fingerprint density at radius 2 is 2.06 bits per heavy atom. The van der Waals surface area contributed by atoms with Gasteiger partial charge in [-0.1, -0.05) is 13.8 Å². The van der Waals surface area contributed by atoms with Crippen LogP contribution in [-0.4, -0.2) is 55.1 Å². The fourth-order valence-corrected chi connectivity index (χ4v) is 2.57. The number of nitrogens with zero attached hydrogens (tertiary/aromatic N) is 2. The van der Waals surface area contributed by atoms with Gasteiger partial charge in [-0.2, -0.15) is 0 Å². The lowest BCUT2D eigenvalue weighted by Crippen LogP contribution is -2.60. The van der Waals surface area contributed by atoms with Crippen LogP contribution < -0.4 is 5.73 Å². The molecule has 16 heavy (non-hydrogen) atoms. The van der Waals surface area contributed by atoms with E-state index in [1.165, 1.54) is 25.9 Å². The van der Waals surface area contributed by atoms with Crippen molar-refractivity contribution in [3.63, 3.8) is 0 Å². The first kappa shape index (κ1) is 13.9. The van der Waals surface area contributed by atoms with E-state index in [2.05, 4.69) is 44.7 Å². The highest BCUT2D eigenvalue weighted by Gasteiger charge is 2.36. The number of hydrogen-bond donors (Lipinski definition) is 1. The van der Waals surface area contributed by atoms with Gasteiger partial charge in [-0.05, 0) is 46.3 Å². The lowest BCUT2D eigenvalue weighted by molar-refractivity contribution is 0.0180. The Kier molecular flexibility index (Phi) is 4.77. The Morgan fingerprint density at radius 1 is 1.44 bits per heavy atom. The molecule has 0 aromatic rings. The summed E-state index contributed by atoms with van der Waals surface area (Å²) in [4.78, 5) is 4.95. The van der Waals surface area contributed by atoms with Gasteiger partial charge in [0.05, 0.1) is 0 Å². The van der Waals surface area contributed by atoms with E-state index >= 15 is 0 Å². The van der Waals surface area contributed by atoms with Gasteiger partial charge in [0.1, 0.15) is 0 Å². The maximum atomic E-state index is 6.01. The third kappa shape index (κ3) is 2.76. The Bertz CT molecular complexity index is 215. The van der Waals surface area contributed by atoms with Crippen LogP contribution in [0.4, 0.5) is 0 Å². The van der Waals surface area contributed by atoms with Gasteiger partial charge >= 0.3 is 0 Å². The molecule has 1 aliphatic rings. The Hall–Kier alpha value is -0.120. The number of hydrogen-bond acceptors (Lipinski definition) is 3. The minimum atomic E-state index is 0.161. The third-order valence-electron chi connectivity index (χ3n) is 4.51. The molecule has 3 heteroatoms. The largest absolute Gasteiger partial charge is 0.329 e. The van der Waals surface area contributed by atoms with Crippen LogP contribution in [0.25, 0.3) is 0 Å². The van der Waals surface area contributed by atoms with Gasteiger partial charge in [-0.15, -0.1) is 0 Å². The summed E-state index contributed by atoms with van der Waals surface area (Å²) in [5.41, 5.74) is 6.17. The first-order valence-electron chi connectivity index (χ1n) is 6.53. The molecule has 0 aromatic heterocycles. The third-order valence-corrected chi connectivity index (χ3v) is 4.51. The highest BCUT2D eigenvalue weighted by atomic mass is 15.3. The van der Waals surface area contributed by atoms with Crippen molar-refractivity contribution >= 4 is 0 Å². The van der Waals surface area contributed by atoms with Crippen LogP contribution in [0.3, 0.4) is 0 Å². The van der Waals surface area contributed by atoms with Crippen molar-refractivity contribution in [2.24, 2.45) is 11.7 Å². The molecule has 0 aliphatic carbocycles. The molecule has 96 valence electrons. The molecule has 1 aliphatic heterocycles. The first-order chi connectivity index (χ1) is 7.41. The van der Waals surface area contributed by atoms with Crippen LogP contribution in [0.5, 0.6) is 0 Å². The van der Waals surface area contributed by atoms with Crippen LogP contribution in [0.1, 0.15) is 33.6 Å². The predicted octanol–water partition coefficient (Wildman–Crippen LogP) is 1.39. The molecule has 2 N–H and O–H groups in total. The molecule has 0 spiro atoms. The summed E-state index contributed by atoms with van der Waals surface area (Å²) in [5, 5.41) is 0. The van der Waals surface area contributed by atoms with Crippen molar-refractivity contribution in [1.29, 1.82) is 0 Å². The first-order valence-corrected chi connectivity index (χ1v) is 6.53. The summed E-state index contributed by atoms with van der Waals surface area (Å²) in [5.74, 6) is 0.610. The zero-order valence-electron chi connectivity index (χ0n) is 11.7. The zero-order chi connectivity index (χ0) is 12.3. The van der Waals surface area contributed by atoms with Gasteiger partial charge in [0.15, 0.2) is 0 Å². The second-order valence-corrected chi connectivity index (χ2v) is 5.92. The molecule has 2 unspecified atom stereocenters. The lowest BCUT2D eigenvalue weighted by atomic mass is 9.84. The predicted molar refractivity (Wildman–Crippen MR) is 70.6 cm³/mol. The SMILES string of the molecule is CC(C)C(C)(CN)N1CCCC(N(C)C)C1. The summed E-state index contributed by atoms with van der Waals surface area (Å²) >= 11 is 0. The average Bonchev–Trinajstić information content (AvgIpc) is 2.27. The second kappa shape index (κ2) is 5.48. The minimum absolute atomic E-state index is 0.161. The number of likely N-dealkylation sites (N-methyl/N-ethyl adjacent to an activating group) is 1. The van der Waals surface area contributed by atoms with Gasteiger partial charge < -0.3 is 10.6 Å². The van der Waals surface area contributed by atoms with Crippen molar-refractivity contribution < 1.29 is 0 Å². The molecule has 2 atom stereocenters. The molecule has 0 radical (unpaired) electrons. The van der Waals surface area contributed by atoms with Crippen LogP contribution in [-0.2, 0) is 0 Å². The van der Waals surface area contributed by atoms with Crippen molar-refractivity contribution in [2.75, 3.05) is 33.7 Å². The monoisotopic (exact) mass is 227 g/mol. The fraction of sp³-hybridized carbons (Fsp3) is 1.00. The topological polar surface area (TPSA) is 32.5 Å². The summed E-state index contributed by atoms with van der Waals surface area (Å²) in [6, 6.07) is 0.693. The average molecular weight is 227 g/mol. The molecule has 0 amide bonds. The van der Waals surface area contributed by atoms with E-state index < -0.39 is 0 Å². The summed E-state index contributed by atoms with van der Waals surface area (Å²) in [6.07, 6.45) is 2.62.